The van der Waals surface area contributed by atoms with Crippen LogP contribution in [0.4, 0.5) is 0 Å². The summed E-state index contributed by atoms with van der Waals surface area (Å²) in [5.41, 5.74) is 0.644. The quantitative estimate of drug-likeness (QED) is 0.658. The Hall–Kier alpha value is -0.500. The van der Waals surface area contributed by atoms with Gasteiger partial charge in [0.25, 0.3) is 0 Å². The van der Waals surface area contributed by atoms with Crippen LogP contribution in [0.25, 0.3) is 0 Å². The van der Waals surface area contributed by atoms with Crippen molar-refractivity contribution in [2.75, 3.05) is 0 Å². The highest BCUT2D eigenvalue weighted by Gasteiger charge is 1.94. The van der Waals surface area contributed by atoms with Crippen molar-refractivity contribution in [2.45, 2.75) is 0 Å². The summed E-state index contributed by atoms with van der Waals surface area (Å²) in [6.07, 6.45) is 1.75. The largest absolute Gasteiger partial charge is 0.352 e. The second-order valence-electron chi connectivity index (χ2n) is 1.31. The first-order valence-electron chi connectivity index (χ1n) is 2.07. The second kappa shape index (κ2) is 2.18. The van der Waals surface area contributed by atoms with Crippen LogP contribution in [0.2, 0.25) is 0 Å². The zero-order valence-electron chi connectivity index (χ0n) is 3.98. The summed E-state index contributed by atoms with van der Waals surface area (Å²) in [6, 6.07) is 3.87. The van der Waals surface area contributed by atoms with E-state index >= 15 is 0 Å². The summed E-state index contributed by atoms with van der Waals surface area (Å²) < 4.78 is 0.977. The number of aromatic amines is 1. The number of nitrogens with one attached hydrogen (secondary N) is 1. The lowest BCUT2D eigenvalue weighted by molar-refractivity contribution is 1.32. The number of nitrogens with zero attached hydrogens (tertiary/aromatic N) is 1. The normalized spacial score (nSPS) is 8.50. The molecule has 0 saturated heterocycles. The summed E-state index contributed by atoms with van der Waals surface area (Å²) in [4.78, 5) is 2.79. The molecule has 8 heavy (non-hydrogen) atoms. The highest BCUT2D eigenvalue weighted by atomic mass is 127. The van der Waals surface area contributed by atoms with Crippen molar-refractivity contribution in [1.82, 2.24) is 4.98 Å². The van der Waals surface area contributed by atoms with Gasteiger partial charge in [-0.15, -0.1) is 0 Å². The van der Waals surface area contributed by atoms with Gasteiger partial charge in [-0.05, 0) is 28.7 Å². The van der Waals surface area contributed by atoms with Gasteiger partial charge in [-0.3, -0.25) is 0 Å². The molecule has 1 N–H and O–H groups in total. The number of nitriles is 1. The lowest BCUT2D eigenvalue weighted by atomic mass is 10.5. The van der Waals surface area contributed by atoms with Crippen molar-refractivity contribution >= 4 is 22.6 Å². The van der Waals surface area contributed by atoms with Crippen LogP contribution in [-0.4, -0.2) is 4.98 Å². The molecule has 1 heterocycles. The third-order valence-corrected chi connectivity index (χ3v) is 1.71. The summed E-state index contributed by atoms with van der Waals surface area (Å²) in [6.45, 7) is 0. The van der Waals surface area contributed by atoms with Crippen molar-refractivity contribution in [1.29, 1.82) is 5.26 Å². The molecule has 40 valence electrons. The Labute approximate surface area is 60.7 Å². The number of hydrogen-bond acceptors (Lipinski definition) is 1. The molecule has 1 rings (SSSR count). The zero-order chi connectivity index (χ0) is 5.98. The van der Waals surface area contributed by atoms with Crippen LogP contribution in [0.1, 0.15) is 5.69 Å². The molecular formula is C5H3IN2. The van der Waals surface area contributed by atoms with E-state index in [1.807, 2.05) is 12.1 Å². The van der Waals surface area contributed by atoms with Gasteiger partial charge in [0.2, 0.25) is 0 Å². The van der Waals surface area contributed by atoms with E-state index in [9.17, 15) is 0 Å². The molecule has 0 fully saturated rings. The smallest absolute Gasteiger partial charge is 0.131 e. The average molecular weight is 218 g/mol. The molecule has 3 heteroatoms. The SMILES string of the molecule is N#Cc1[nH]ccc1I. The lowest BCUT2D eigenvalue weighted by Crippen LogP contribution is -1.72. The fourth-order valence-electron chi connectivity index (χ4n) is 0.436. The third-order valence-electron chi connectivity index (χ3n) is 0.808. The Morgan fingerprint density at radius 1 is 1.75 bits per heavy atom. The van der Waals surface area contributed by atoms with Crippen LogP contribution in [-0.2, 0) is 0 Å². The van der Waals surface area contributed by atoms with E-state index in [1.54, 1.807) is 6.20 Å². The summed E-state index contributed by atoms with van der Waals surface area (Å²) >= 11 is 2.10. The monoisotopic (exact) mass is 218 g/mol. The van der Waals surface area contributed by atoms with E-state index in [-0.39, 0.29) is 0 Å². The Balaban J connectivity index is 3.15. The van der Waals surface area contributed by atoms with Crippen LogP contribution in [0.15, 0.2) is 12.3 Å². The van der Waals surface area contributed by atoms with Crippen molar-refractivity contribution in [2.24, 2.45) is 0 Å². The molecule has 1 aromatic heterocycles. The van der Waals surface area contributed by atoms with Gasteiger partial charge in [-0.25, -0.2) is 0 Å². The van der Waals surface area contributed by atoms with Gasteiger partial charge in [0.05, 0.1) is 0 Å². The van der Waals surface area contributed by atoms with Gasteiger partial charge in [0.1, 0.15) is 11.8 Å². The molecule has 0 aliphatic carbocycles. The molecule has 0 spiro atoms. The van der Waals surface area contributed by atoms with Gasteiger partial charge in [-0.1, -0.05) is 0 Å². The molecule has 0 aliphatic rings. The molecule has 0 bridgehead atoms. The maximum Gasteiger partial charge on any atom is 0.131 e. The fraction of sp³-hybridized carbons (Fsp3) is 0. The minimum Gasteiger partial charge on any atom is -0.352 e. The molecule has 0 saturated carbocycles. The van der Waals surface area contributed by atoms with Gasteiger partial charge < -0.3 is 4.98 Å². The topological polar surface area (TPSA) is 39.6 Å². The highest BCUT2D eigenvalue weighted by molar-refractivity contribution is 14.1. The second-order valence-corrected chi connectivity index (χ2v) is 2.47. The predicted molar refractivity (Wildman–Crippen MR) is 38.2 cm³/mol. The number of halogens is 1. The van der Waals surface area contributed by atoms with Crippen LogP contribution >= 0.6 is 22.6 Å². The molecule has 0 aromatic carbocycles. The van der Waals surface area contributed by atoms with Crippen LogP contribution in [0.3, 0.4) is 0 Å². The molecular weight excluding hydrogens is 215 g/mol. The molecule has 0 aliphatic heterocycles. The van der Waals surface area contributed by atoms with Crippen LogP contribution in [0, 0.1) is 14.9 Å². The molecule has 0 radical (unpaired) electrons. The molecule has 2 nitrogen and oxygen atoms in total. The molecule has 0 unspecified atom stereocenters. The third kappa shape index (κ3) is 0.842. The molecule has 0 amide bonds. The fourth-order valence-corrected chi connectivity index (χ4v) is 0.892. The molecule has 0 atom stereocenters. The lowest BCUT2D eigenvalue weighted by Gasteiger charge is -1.76. The summed E-state index contributed by atoms with van der Waals surface area (Å²) in [5.74, 6) is 0. The first kappa shape index (κ1) is 5.63. The van der Waals surface area contributed by atoms with Gasteiger partial charge in [0, 0.05) is 9.77 Å². The minimum absolute atomic E-state index is 0.644. The van der Waals surface area contributed by atoms with E-state index in [1.165, 1.54) is 0 Å². The van der Waals surface area contributed by atoms with E-state index in [2.05, 4.69) is 27.6 Å². The maximum atomic E-state index is 8.32. The Morgan fingerprint density at radius 2 is 2.50 bits per heavy atom. The first-order valence-corrected chi connectivity index (χ1v) is 3.15. The minimum atomic E-state index is 0.644. The van der Waals surface area contributed by atoms with Gasteiger partial charge in [0.15, 0.2) is 0 Å². The number of hydrogen-bond donors (Lipinski definition) is 1. The number of rotatable bonds is 0. The van der Waals surface area contributed by atoms with E-state index in [0.717, 1.165) is 3.57 Å². The average Bonchev–Trinajstić information content (AvgIpc) is 2.14. The first-order chi connectivity index (χ1) is 3.84. The van der Waals surface area contributed by atoms with Gasteiger partial charge >= 0.3 is 0 Å². The Morgan fingerprint density at radius 3 is 2.75 bits per heavy atom. The van der Waals surface area contributed by atoms with Crippen molar-refractivity contribution in [3.05, 3.63) is 21.5 Å². The maximum absolute atomic E-state index is 8.32. The summed E-state index contributed by atoms with van der Waals surface area (Å²) in [5, 5.41) is 8.32. The standard InChI is InChI=1S/C5H3IN2/c6-4-1-2-8-5(4)3-7/h1-2,8H. The van der Waals surface area contributed by atoms with E-state index in [0.29, 0.717) is 5.69 Å². The van der Waals surface area contributed by atoms with Crippen LogP contribution < -0.4 is 0 Å². The van der Waals surface area contributed by atoms with Crippen molar-refractivity contribution in [3.8, 4) is 6.07 Å². The highest BCUT2D eigenvalue weighted by Crippen LogP contribution is 2.06. The summed E-state index contributed by atoms with van der Waals surface area (Å²) in [7, 11) is 0. The van der Waals surface area contributed by atoms with Crippen molar-refractivity contribution < 1.29 is 0 Å². The Kier molecular flexibility index (Phi) is 1.53. The number of aromatic nitrogens is 1. The van der Waals surface area contributed by atoms with E-state index < -0.39 is 0 Å². The zero-order valence-corrected chi connectivity index (χ0v) is 6.14. The van der Waals surface area contributed by atoms with E-state index in [4.69, 9.17) is 5.26 Å². The predicted octanol–water partition coefficient (Wildman–Crippen LogP) is 1.49. The molecule has 1 aromatic rings. The number of H-pyrrole nitrogens is 1. The van der Waals surface area contributed by atoms with Gasteiger partial charge in [-0.2, -0.15) is 5.26 Å². The van der Waals surface area contributed by atoms with Crippen LogP contribution in [0.5, 0.6) is 0 Å². The Bertz CT molecular complexity index is 221. The van der Waals surface area contributed by atoms with Crippen molar-refractivity contribution in [3.63, 3.8) is 0 Å².